The molecule has 0 aromatic carbocycles. The van der Waals surface area contributed by atoms with Crippen molar-refractivity contribution in [3.05, 3.63) is 12.3 Å². The lowest BCUT2D eigenvalue weighted by Crippen LogP contribution is -2.55. The summed E-state index contributed by atoms with van der Waals surface area (Å²) in [6.07, 6.45) is 5.35. The van der Waals surface area contributed by atoms with Crippen LogP contribution in [-0.4, -0.2) is 30.7 Å². The highest BCUT2D eigenvalue weighted by Gasteiger charge is 2.19. The predicted octanol–water partition coefficient (Wildman–Crippen LogP) is -0.791. The van der Waals surface area contributed by atoms with E-state index in [4.69, 9.17) is 4.74 Å². The molecule has 0 amide bonds. The minimum atomic E-state index is 0.395. The Morgan fingerprint density at radius 1 is 1.64 bits per heavy atom. The van der Waals surface area contributed by atoms with Gasteiger partial charge in [-0.2, -0.15) is 5.43 Å². The fourth-order valence-corrected chi connectivity index (χ4v) is 0.849. The fourth-order valence-electron chi connectivity index (χ4n) is 0.849. The summed E-state index contributed by atoms with van der Waals surface area (Å²) in [5.41, 5.74) is 6.01. The van der Waals surface area contributed by atoms with Crippen LogP contribution in [0.15, 0.2) is 17.4 Å². The number of hydrogen-bond acceptors (Lipinski definition) is 5. The van der Waals surface area contributed by atoms with Crippen molar-refractivity contribution in [3.63, 3.8) is 0 Å². The Labute approximate surface area is 64.6 Å². The molecule has 1 fully saturated rings. The maximum atomic E-state index is 4.99. The summed E-state index contributed by atoms with van der Waals surface area (Å²) in [7, 11) is 0. The van der Waals surface area contributed by atoms with Crippen LogP contribution in [0.2, 0.25) is 0 Å². The molecule has 5 nitrogen and oxygen atoms in total. The van der Waals surface area contributed by atoms with Gasteiger partial charge in [-0.15, -0.1) is 10.3 Å². The average Bonchev–Trinajstić information content (AvgIpc) is 1.99. The van der Waals surface area contributed by atoms with Gasteiger partial charge in [0, 0.05) is 6.20 Å². The van der Waals surface area contributed by atoms with Crippen molar-refractivity contribution in [2.75, 3.05) is 13.2 Å². The Bertz CT molecular complexity index is 187. The first-order chi connectivity index (χ1) is 5.45. The van der Waals surface area contributed by atoms with Crippen molar-refractivity contribution in [2.45, 2.75) is 6.04 Å². The van der Waals surface area contributed by atoms with Crippen LogP contribution in [0.5, 0.6) is 0 Å². The second-order valence-electron chi connectivity index (χ2n) is 2.43. The van der Waals surface area contributed by atoms with Gasteiger partial charge in [-0.05, 0) is 6.08 Å². The minimum Gasteiger partial charge on any atom is -0.378 e. The first kappa shape index (κ1) is 6.63. The maximum Gasteiger partial charge on any atom is 0.0765 e. The predicted molar refractivity (Wildman–Crippen MR) is 40.3 cm³/mol. The number of ether oxygens (including phenoxy) is 1. The van der Waals surface area contributed by atoms with Gasteiger partial charge in [-0.25, -0.2) is 0 Å². The molecule has 1 saturated heterocycles. The summed E-state index contributed by atoms with van der Waals surface area (Å²) < 4.78 is 4.99. The minimum absolute atomic E-state index is 0.395. The van der Waals surface area contributed by atoms with Gasteiger partial charge in [0.2, 0.25) is 0 Å². The van der Waals surface area contributed by atoms with E-state index in [1.165, 1.54) is 0 Å². The van der Waals surface area contributed by atoms with E-state index < -0.39 is 0 Å². The van der Waals surface area contributed by atoms with Gasteiger partial charge in [-0.3, -0.25) is 5.43 Å². The average molecular weight is 154 g/mol. The molecule has 0 aliphatic carbocycles. The molecule has 2 rings (SSSR count). The van der Waals surface area contributed by atoms with E-state index in [2.05, 4.69) is 16.0 Å². The molecule has 0 aromatic rings. The molecule has 5 heteroatoms. The van der Waals surface area contributed by atoms with Crippen molar-refractivity contribution in [2.24, 2.45) is 5.10 Å². The summed E-state index contributed by atoms with van der Waals surface area (Å²) >= 11 is 0. The number of allylic oxidation sites excluding steroid dienone is 1. The van der Waals surface area contributed by atoms with Gasteiger partial charge in [-0.1, -0.05) is 0 Å². The third kappa shape index (κ3) is 1.50. The smallest absolute Gasteiger partial charge is 0.0765 e. The highest BCUT2D eigenvalue weighted by molar-refractivity contribution is 5.70. The normalized spacial score (nSPS) is 23.1. The molecular formula is C6H10N4O. The van der Waals surface area contributed by atoms with E-state index in [0.717, 1.165) is 13.2 Å². The molecule has 0 aromatic heterocycles. The first-order valence-electron chi connectivity index (χ1n) is 3.54. The second kappa shape index (κ2) is 2.89. The molecular weight excluding hydrogens is 144 g/mol. The van der Waals surface area contributed by atoms with Crippen molar-refractivity contribution < 1.29 is 4.74 Å². The Kier molecular flexibility index (Phi) is 1.74. The van der Waals surface area contributed by atoms with Crippen LogP contribution in [0.3, 0.4) is 0 Å². The summed E-state index contributed by atoms with van der Waals surface area (Å²) in [4.78, 5) is 0. The zero-order chi connectivity index (χ0) is 7.52. The molecule has 0 saturated carbocycles. The number of hydrazone groups is 1. The maximum absolute atomic E-state index is 4.99. The van der Waals surface area contributed by atoms with Crippen LogP contribution in [0.4, 0.5) is 0 Å². The lowest BCUT2D eigenvalue weighted by molar-refractivity contribution is -0.0488. The van der Waals surface area contributed by atoms with Crippen molar-refractivity contribution >= 4 is 6.21 Å². The second-order valence-corrected chi connectivity index (χ2v) is 2.43. The van der Waals surface area contributed by atoms with Crippen LogP contribution < -0.4 is 10.9 Å². The standard InChI is InChI=1S/C6H10N4O/c1-2-7-10(8-3-1)9-6-4-11-5-6/h1-3,6-7,9H,4-5H2. The van der Waals surface area contributed by atoms with E-state index in [0.29, 0.717) is 6.04 Å². The van der Waals surface area contributed by atoms with Crippen LogP contribution in [0.25, 0.3) is 0 Å². The SMILES string of the molecule is C1=CNN(NC2COC2)N=C1. The molecule has 2 N–H and O–H groups in total. The van der Waals surface area contributed by atoms with Gasteiger partial charge in [0.15, 0.2) is 0 Å². The Morgan fingerprint density at radius 3 is 3.09 bits per heavy atom. The number of nitrogens with one attached hydrogen (secondary N) is 2. The lowest BCUT2D eigenvalue weighted by atomic mass is 10.3. The van der Waals surface area contributed by atoms with E-state index >= 15 is 0 Å². The zero-order valence-electron chi connectivity index (χ0n) is 6.03. The van der Waals surface area contributed by atoms with E-state index in [9.17, 15) is 0 Å². The molecule has 2 aliphatic rings. The largest absolute Gasteiger partial charge is 0.378 e. The van der Waals surface area contributed by atoms with Gasteiger partial charge in [0.25, 0.3) is 0 Å². The third-order valence-electron chi connectivity index (χ3n) is 1.50. The first-order valence-corrected chi connectivity index (χ1v) is 3.54. The third-order valence-corrected chi connectivity index (χ3v) is 1.50. The van der Waals surface area contributed by atoms with Crippen LogP contribution in [0.1, 0.15) is 0 Å². The molecule has 11 heavy (non-hydrogen) atoms. The molecule has 60 valence electrons. The molecule has 0 unspecified atom stereocenters. The Balaban J connectivity index is 1.77. The van der Waals surface area contributed by atoms with E-state index in [1.54, 1.807) is 17.6 Å². The Hall–Kier alpha value is -1.07. The van der Waals surface area contributed by atoms with Gasteiger partial charge in [0.05, 0.1) is 25.5 Å². The van der Waals surface area contributed by atoms with E-state index in [1.807, 2.05) is 6.08 Å². The summed E-state index contributed by atoms with van der Waals surface area (Å²) in [6.45, 7) is 1.52. The summed E-state index contributed by atoms with van der Waals surface area (Å²) in [5.74, 6) is 0. The number of hydrogen-bond donors (Lipinski definition) is 2. The summed E-state index contributed by atoms with van der Waals surface area (Å²) in [6, 6.07) is 0.395. The van der Waals surface area contributed by atoms with Gasteiger partial charge >= 0.3 is 0 Å². The summed E-state index contributed by atoms with van der Waals surface area (Å²) in [5, 5.41) is 5.57. The topological polar surface area (TPSA) is 48.9 Å². The Morgan fingerprint density at radius 2 is 2.55 bits per heavy atom. The molecule has 0 spiro atoms. The number of rotatable bonds is 2. The number of nitrogens with zero attached hydrogens (tertiary/aromatic N) is 2. The molecule has 0 atom stereocenters. The molecule has 2 heterocycles. The molecule has 2 aliphatic heterocycles. The number of hydrazine groups is 2. The van der Waals surface area contributed by atoms with Crippen LogP contribution in [0, 0.1) is 0 Å². The quantitative estimate of drug-likeness (QED) is 0.547. The fraction of sp³-hybridized carbons (Fsp3) is 0.500. The van der Waals surface area contributed by atoms with Crippen LogP contribution in [-0.2, 0) is 4.74 Å². The van der Waals surface area contributed by atoms with E-state index in [-0.39, 0.29) is 0 Å². The van der Waals surface area contributed by atoms with Crippen molar-refractivity contribution in [3.8, 4) is 0 Å². The molecule has 0 radical (unpaired) electrons. The zero-order valence-corrected chi connectivity index (χ0v) is 6.03. The van der Waals surface area contributed by atoms with Gasteiger partial charge in [0.1, 0.15) is 0 Å². The lowest BCUT2D eigenvalue weighted by Gasteiger charge is -2.31. The van der Waals surface area contributed by atoms with Crippen molar-refractivity contribution in [1.82, 2.24) is 16.1 Å². The molecule has 0 bridgehead atoms. The van der Waals surface area contributed by atoms with Crippen LogP contribution >= 0.6 is 0 Å². The van der Waals surface area contributed by atoms with Gasteiger partial charge < -0.3 is 4.74 Å². The highest BCUT2D eigenvalue weighted by Crippen LogP contribution is 2.00. The monoisotopic (exact) mass is 154 g/mol. The highest BCUT2D eigenvalue weighted by atomic mass is 16.5. The van der Waals surface area contributed by atoms with Crippen molar-refractivity contribution in [1.29, 1.82) is 0 Å².